The van der Waals surface area contributed by atoms with Crippen LogP contribution in [0.1, 0.15) is 25.7 Å². The topological polar surface area (TPSA) is 32.3 Å². The molecule has 19 heavy (non-hydrogen) atoms. The van der Waals surface area contributed by atoms with Crippen molar-refractivity contribution in [3.05, 3.63) is 29.0 Å². The number of amides is 1. The molecule has 0 radical (unpaired) electrons. The summed E-state index contributed by atoms with van der Waals surface area (Å²) in [6, 6.07) is 5.07. The van der Waals surface area contributed by atoms with Crippen molar-refractivity contribution >= 4 is 23.2 Å². The maximum absolute atomic E-state index is 14.0. The molecule has 102 valence electrons. The molecule has 3 rings (SSSR count). The molecule has 1 aliphatic carbocycles. The summed E-state index contributed by atoms with van der Waals surface area (Å²) in [5.41, 5.74) is 0.291. The van der Waals surface area contributed by atoms with Crippen molar-refractivity contribution in [2.45, 2.75) is 37.8 Å². The summed E-state index contributed by atoms with van der Waals surface area (Å²) in [6.07, 6.45) is 3.97. The van der Waals surface area contributed by atoms with Crippen molar-refractivity contribution < 1.29 is 9.18 Å². The zero-order chi connectivity index (χ0) is 13.4. The standard InChI is InChI=1S/C14H16ClFN2O/c15-10-3-1-5-12(13(10)16)18-8-2-4-11(14(18)19)17-9-6-7-9/h1,3,5,9,11,17H,2,4,6-8H2. The second-order valence-electron chi connectivity index (χ2n) is 5.20. The van der Waals surface area contributed by atoms with Crippen LogP contribution in [0.25, 0.3) is 0 Å². The SMILES string of the molecule is O=C1C(NC2CC2)CCCN1c1cccc(Cl)c1F. The highest BCUT2D eigenvalue weighted by atomic mass is 35.5. The van der Waals surface area contributed by atoms with Crippen LogP contribution in [0.2, 0.25) is 5.02 Å². The molecule has 1 aromatic carbocycles. The molecule has 1 atom stereocenters. The highest BCUT2D eigenvalue weighted by molar-refractivity contribution is 6.31. The maximum Gasteiger partial charge on any atom is 0.244 e. The Labute approximate surface area is 116 Å². The highest BCUT2D eigenvalue weighted by Crippen LogP contribution is 2.29. The number of anilines is 1. The van der Waals surface area contributed by atoms with Gasteiger partial charge in [0.05, 0.1) is 16.8 Å². The molecule has 1 amide bonds. The number of halogens is 2. The molecule has 2 fully saturated rings. The number of nitrogens with zero attached hydrogens (tertiary/aromatic N) is 1. The maximum atomic E-state index is 14.0. The molecule has 1 N–H and O–H groups in total. The van der Waals surface area contributed by atoms with Gasteiger partial charge < -0.3 is 10.2 Å². The van der Waals surface area contributed by atoms with Crippen molar-refractivity contribution in [2.24, 2.45) is 0 Å². The molecule has 3 nitrogen and oxygen atoms in total. The molecule has 1 saturated heterocycles. The number of hydrogen-bond donors (Lipinski definition) is 1. The lowest BCUT2D eigenvalue weighted by molar-refractivity contribution is -0.121. The zero-order valence-electron chi connectivity index (χ0n) is 10.5. The first kappa shape index (κ1) is 12.9. The van der Waals surface area contributed by atoms with Gasteiger partial charge in [0.2, 0.25) is 5.91 Å². The first-order valence-electron chi connectivity index (χ1n) is 6.68. The monoisotopic (exact) mass is 282 g/mol. The van der Waals surface area contributed by atoms with E-state index in [9.17, 15) is 9.18 Å². The quantitative estimate of drug-likeness (QED) is 0.924. The molecule has 0 spiro atoms. The van der Waals surface area contributed by atoms with E-state index in [-0.39, 0.29) is 17.0 Å². The molecule has 1 heterocycles. The van der Waals surface area contributed by atoms with E-state index in [1.807, 2.05) is 0 Å². The highest BCUT2D eigenvalue weighted by Gasteiger charge is 2.34. The van der Waals surface area contributed by atoms with Crippen LogP contribution < -0.4 is 10.2 Å². The minimum absolute atomic E-state index is 0.0423. The van der Waals surface area contributed by atoms with E-state index in [0.29, 0.717) is 18.3 Å². The van der Waals surface area contributed by atoms with Gasteiger partial charge in [-0.05, 0) is 37.8 Å². The zero-order valence-corrected chi connectivity index (χ0v) is 11.3. The number of nitrogens with one attached hydrogen (secondary N) is 1. The molecule has 0 bridgehead atoms. The first-order valence-corrected chi connectivity index (χ1v) is 7.06. The van der Waals surface area contributed by atoms with E-state index in [2.05, 4.69) is 5.32 Å². The number of carbonyl (C=O) groups excluding carboxylic acids is 1. The minimum Gasteiger partial charge on any atom is -0.308 e. The summed E-state index contributed by atoms with van der Waals surface area (Å²) in [4.78, 5) is 13.9. The van der Waals surface area contributed by atoms with Crippen molar-refractivity contribution in [3.8, 4) is 0 Å². The Balaban J connectivity index is 1.82. The van der Waals surface area contributed by atoms with Gasteiger partial charge >= 0.3 is 0 Å². The largest absolute Gasteiger partial charge is 0.308 e. The fourth-order valence-corrected chi connectivity index (χ4v) is 2.67. The molecule has 2 aliphatic rings. The van der Waals surface area contributed by atoms with Gasteiger partial charge in [0.1, 0.15) is 0 Å². The van der Waals surface area contributed by atoms with E-state index < -0.39 is 5.82 Å². The van der Waals surface area contributed by atoms with Crippen LogP contribution >= 0.6 is 11.6 Å². The van der Waals surface area contributed by atoms with Gasteiger partial charge in [-0.1, -0.05) is 17.7 Å². The fraction of sp³-hybridized carbons (Fsp3) is 0.500. The number of rotatable bonds is 3. The average Bonchev–Trinajstić information content (AvgIpc) is 3.20. The number of benzene rings is 1. The first-order chi connectivity index (χ1) is 9.16. The summed E-state index contributed by atoms with van der Waals surface area (Å²) in [6.45, 7) is 0.555. The van der Waals surface area contributed by atoms with E-state index in [1.54, 1.807) is 12.1 Å². The molecule has 5 heteroatoms. The summed E-state index contributed by atoms with van der Waals surface area (Å²) in [5.74, 6) is -0.552. The molecule has 1 saturated carbocycles. The lowest BCUT2D eigenvalue weighted by atomic mass is 10.0. The molecule has 0 aromatic heterocycles. The van der Waals surface area contributed by atoms with Gasteiger partial charge in [0.25, 0.3) is 0 Å². The van der Waals surface area contributed by atoms with Gasteiger partial charge in [-0.2, -0.15) is 0 Å². The van der Waals surface area contributed by atoms with Crippen molar-refractivity contribution in [1.82, 2.24) is 5.32 Å². The second kappa shape index (κ2) is 5.10. The second-order valence-corrected chi connectivity index (χ2v) is 5.61. The Hall–Kier alpha value is -1.13. The van der Waals surface area contributed by atoms with Crippen molar-refractivity contribution in [3.63, 3.8) is 0 Å². The minimum atomic E-state index is -0.510. The van der Waals surface area contributed by atoms with Gasteiger partial charge in [-0.3, -0.25) is 4.79 Å². The van der Waals surface area contributed by atoms with Crippen LogP contribution in [0.4, 0.5) is 10.1 Å². The average molecular weight is 283 g/mol. The van der Waals surface area contributed by atoms with Crippen LogP contribution in [0.3, 0.4) is 0 Å². The Bertz CT molecular complexity index is 504. The smallest absolute Gasteiger partial charge is 0.244 e. The Kier molecular flexibility index (Phi) is 3.46. The van der Waals surface area contributed by atoms with Gasteiger partial charge in [-0.25, -0.2) is 4.39 Å². The summed E-state index contributed by atoms with van der Waals surface area (Å²) < 4.78 is 14.0. The van der Waals surface area contributed by atoms with E-state index >= 15 is 0 Å². The number of carbonyl (C=O) groups is 1. The van der Waals surface area contributed by atoms with Crippen LogP contribution in [0.15, 0.2) is 18.2 Å². The molecule has 1 unspecified atom stereocenters. The predicted octanol–water partition coefficient (Wildman–Crippen LogP) is 2.73. The molecular formula is C14H16ClFN2O. The Morgan fingerprint density at radius 2 is 2.11 bits per heavy atom. The van der Waals surface area contributed by atoms with E-state index in [0.717, 1.165) is 25.7 Å². The number of hydrogen-bond acceptors (Lipinski definition) is 2. The van der Waals surface area contributed by atoms with Crippen LogP contribution in [-0.4, -0.2) is 24.5 Å². The van der Waals surface area contributed by atoms with E-state index in [4.69, 9.17) is 11.6 Å². The molecular weight excluding hydrogens is 267 g/mol. The van der Waals surface area contributed by atoms with Gasteiger partial charge in [-0.15, -0.1) is 0 Å². The molecule has 1 aromatic rings. The third-order valence-corrected chi connectivity index (χ3v) is 3.97. The van der Waals surface area contributed by atoms with Gasteiger partial charge in [0, 0.05) is 12.6 Å². The van der Waals surface area contributed by atoms with Crippen molar-refractivity contribution in [2.75, 3.05) is 11.4 Å². The summed E-state index contributed by atoms with van der Waals surface area (Å²) in [7, 11) is 0. The van der Waals surface area contributed by atoms with Crippen molar-refractivity contribution in [1.29, 1.82) is 0 Å². The predicted molar refractivity (Wildman–Crippen MR) is 72.9 cm³/mol. The van der Waals surface area contributed by atoms with Crippen LogP contribution in [-0.2, 0) is 4.79 Å². The van der Waals surface area contributed by atoms with Crippen LogP contribution in [0, 0.1) is 5.82 Å². The number of piperidine rings is 1. The normalized spacial score (nSPS) is 23.8. The third-order valence-electron chi connectivity index (χ3n) is 3.67. The third kappa shape index (κ3) is 2.60. The lowest BCUT2D eigenvalue weighted by Gasteiger charge is -2.33. The summed E-state index contributed by atoms with van der Waals surface area (Å²) >= 11 is 5.78. The summed E-state index contributed by atoms with van der Waals surface area (Å²) in [5, 5.41) is 3.39. The fourth-order valence-electron chi connectivity index (χ4n) is 2.50. The molecule has 1 aliphatic heterocycles. The Morgan fingerprint density at radius 1 is 1.32 bits per heavy atom. The Morgan fingerprint density at radius 3 is 2.84 bits per heavy atom. The van der Waals surface area contributed by atoms with E-state index in [1.165, 1.54) is 11.0 Å². The van der Waals surface area contributed by atoms with Crippen LogP contribution in [0.5, 0.6) is 0 Å². The van der Waals surface area contributed by atoms with Gasteiger partial charge in [0.15, 0.2) is 5.82 Å². The lowest BCUT2D eigenvalue weighted by Crippen LogP contribution is -2.51.